The highest BCUT2D eigenvalue weighted by Gasteiger charge is 2.15. The van der Waals surface area contributed by atoms with Gasteiger partial charge in [0.1, 0.15) is 0 Å². The maximum atomic E-state index is 5.85. The van der Waals surface area contributed by atoms with Crippen LogP contribution in [0.4, 0.5) is 0 Å². The summed E-state index contributed by atoms with van der Waals surface area (Å²) in [4.78, 5) is 6.47. The molecule has 2 rings (SSSR count). The Morgan fingerprint density at radius 1 is 1.29 bits per heavy atom. The summed E-state index contributed by atoms with van der Waals surface area (Å²) in [5.41, 5.74) is 7.20. The average molecular weight is 191 g/mol. The van der Waals surface area contributed by atoms with Gasteiger partial charge < -0.3 is 5.73 Å². The largest absolute Gasteiger partial charge is 0.328 e. The Balaban J connectivity index is 1.87. The van der Waals surface area contributed by atoms with Crippen LogP contribution in [0.5, 0.6) is 0 Å². The van der Waals surface area contributed by atoms with Crippen molar-refractivity contribution < 1.29 is 0 Å². The van der Waals surface area contributed by atoms with Crippen LogP contribution < -0.4 is 5.73 Å². The van der Waals surface area contributed by atoms with E-state index < -0.39 is 0 Å². The quantitative estimate of drug-likeness (QED) is 0.758. The zero-order chi connectivity index (χ0) is 9.80. The number of hydrogen-bond acceptors (Lipinski definition) is 3. The van der Waals surface area contributed by atoms with Gasteiger partial charge in [-0.15, -0.1) is 0 Å². The van der Waals surface area contributed by atoms with Crippen molar-refractivity contribution in [3.8, 4) is 0 Å². The molecule has 0 aliphatic carbocycles. The lowest BCUT2D eigenvalue weighted by atomic mass is 10.1. The normalized spacial score (nSPS) is 19.8. The average Bonchev–Trinajstić information content (AvgIpc) is 2.23. The Kier molecular flexibility index (Phi) is 3.11. The molecule has 3 nitrogen and oxygen atoms in total. The molecular formula is C11H17N3. The number of rotatable bonds is 2. The van der Waals surface area contributed by atoms with Gasteiger partial charge in [0.05, 0.1) is 0 Å². The number of nitrogens with two attached hydrogens (primary N) is 1. The zero-order valence-corrected chi connectivity index (χ0v) is 8.39. The van der Waals surface area contributed by atoms with E-state index in [4.69, 9.17) is 5.73 Å². The van der Waals surface area contributed by atoms with E-state index in [1.165, 1.54) is 5.56 Å². The fraction of sp³-hybridized carbons (Fsp3) is 0.545. The molecule has 0 amide bonds. The molecule has 14 heavy (non-hydrogen) atoms. The van der Waals surface area contributed by atoms with Crippen molar-refractivity contribution in [1.29, 1.82) is 0 Å². The second kappa shape index (κ2) is 4.53. The molecule has 0 spiro atoms. The van der Waals surface area contributed by atoms with Crippen LogP contribution in [0, 0.1) is 0 Å². The molecular weight excluding hydrogens is 174 g/mol. The van der Waals surface area contributed by atoms with Gasteiger partial charge in [-0.25, -0.2) is 0 Å². The van der Waals surface area contributed by atoms with Crippen LogP contribution in [0.2, 0.25) is 0 Å². The van der Waals surface area contributed by atoms with E-state index in [1.54, 1.807) is 0 Å². The van der Waals surface area contributed by atoms with Gasteiger partial charge in [0, 0.05) is 25.0 Å². The van der Waals surface area contributed by atoms with Crippen molar-refractivity contribution in [1.82, 2.24) is 9.88 Å². The first-order valence-electron chi connectivity index (χ1n) is 5.21. The van der Waals surface area contributed by atoms with Crippen LogP contribution in [0.3, 0.4) is 0 Å². The fourth-order valence-corrected chi connectivity index (χ4v) is 1.86. The van der Waals surface area contributed by atoms with E-state index in [0.29, 0.717) is 6.04 Å². The number of hydrogen-bond donors (Lipinski definition) is 1. The van der Waals surface area contributed by atoms with Crippen LogP contribution in [0.15, 0.2) is 24.5 Å². The lowest BCUT2D eigenvalue weighted by molar-refractivity contribution is 0.205. The molecule has 76 valence electrons. The van der Waals surface area contributed by atoms with E-state index in [9.17, 15) is 0 Å². The van der Waals surface area contributed by atoms with Crippen LogP contribution in [-0.2, 0) is 6.54 Å². The molecule has 0 radical (unpaired) electrons. The molecule has 3 heteroatoms. The summed E-state index contributed by atoms with van der Waals surface area (Å²) in [6, 6.07) is 4.58. The van der Waals surface area contributed by atoms with E-state index in [-0.39, 0.29) is 0 Å². The maximum Gasteiger partial charge on any atom is 0.0271 e. The van der Waals surface area contributed by atoms with E-state index >= 15 is 0 Å². The molecule has 0 saturated carbocycles. The monoisotopic (exact) mass is 191 g/mol. The lowest BCUT2D eigenvalue weighted by Crippen LogP contribution is -2.39. The predicted molar refractivity (Wildman–Crippen MR) is 56.7 cm³/mol. The molecule has 1 aliphatic rings. The Bertz CT molecular complexity index is 265. The first-order valence-corrected chi connectivity index (χ1v) is 5.21. The van der Waals surface area contributed by atoms with Gasteiger partial charge in [0.25, 0.3) is 0 Å². The highest BCUT2D eigenvalue weighted by Crippen LogP contribution is 2.11. The SMILES string of the molecule is NC1CCN(Cc2ccncc2)CC1. The summed E-state index contributed by atoms with van der Waals surface area (Å²) in [6.07, 6.45) is 5.96. The summed E-state index contributed by atoms with van der Waals surface area (Å²) < 4.78 is 0. The zero-order valence-electron chi connectivity index (χ0n) is 8.39. The van der Waals surface area contributed by atoms with Gasteiger partial charge in [0.2, 0.25) is 0 Å². The predicted octanol–water partition coefficient (Wildman–Crippen LogP) is 1.00. The Morgan fingerprint density at radius 2 is 1.93 bits per heavy atom. The molecule has 0 bridgehead atoms. The smallest absolute Gasteiger partial charge is 0.0271 e. The first kappa shape index (κ1) is 9.62. The van der Waals surface area contributed by atoms with Gasteiger partial charge >= 0.3 is 0 Å². The Labute approximate surface area is 84.9 Å². The minimum Gasteiger partial charge on any atom is -0.328 e. The van der Waals surface area contributed by atoms with Crippen LogP contribution in [0.1, 0.15) is 18.4 Å². The van der Waals surface area contributed by atoms with Crippen molar-refractivity contribution in [2.75, 3.05) is 13.1 Å². The molecule has 1 saturated heterocycles. The van der Waals surface area contributed by atoms with E-state index in [2.05, 4.69) is 22.0 Å². The van der Waals surface area contributed by atoms with Crippen LogP contribution in [0.25, 0.3) is 0 Å². The molecule has 0 unspecified atom stereocenters. The van der Waals surface area contributed by atoms with Gasteiger partial charge in [-0.05, 0) is 43.6 Å². The third-order valence-electron chi connectivity index (χ3n) is 2.79. The number of aromatic nitrogens is 1. The molecule has 1 aromatic rings. The van der Waals surface area contributed by atoms with Gasteiger partial charge in [-0.3, -0.25) is 9.88 Å². The van der Waals surface area contributed by atoms with Gasteiger partial charge in [0.15, 0.2) is 0 Å². The fourth-order valence-electron chi connectivity index (χ4n) is 1.86. The van der Waals surface area contributed by atoms with Crippen LogP contribution in [-0.4, -0.2) is 29.0 Å². The topological polar surface area (TPSA) is 42.1 Å². The summed E-state index contributed by atoms with van der Waals surface area (Å²) in [7, 11) is 0. The highest BCUT2D eigenvalue weighted by molar-refractivity contribution is 5.09. The Morgan fingerprint density at radius 3 is 2.57 bits per heavy atom. The van der Waals surface area contributed by atoms with E-state index in [1.807, 2.05) is 12.4 Å². The summed E-state index contributed by atoms with van der Waals surface area (Å²) in [6.45, 7) is 3.29. The number of likely N-dealkylation sites (tertiary alicyclic amines) is 1. The summed E-state index contributed by atoms with van der Waals surface area (Å²) in [5.74, 6) is 0. The first-order chi connectivity index (χ1) is 6.84. The van der Waals surface area contributed by atoms with Crippen molar-refractivity contribution in [2.24, 2.45) is 5.73 Å². The molecule has 1 aromatic heterocycles. The maximum absolute atomic E-state index is 5.85. The molecule has 2 N–H and O–H groups in total. The van der Waals surface area contributed by atoms with Gasteiger partial charge in [-0.2, -0.15) is 0 Å². The highest BCUT2D eigenvalue weighted by atomic mass is 15.1. The second-order valence-electron chi connectivity index (χ2n) is 3.97. The lowest BCUT2D eigenvalue weighted by Gasteiger charge is -2.29. The minimum absolute atomic E-state index is 0.420. The number of nitrogens with zero attached hydrogens (tertiary/aromatic N) is 2. The van der Waals surface area contributed by atoms with Gasteiger partial charge in [-0.1, -0.05) is 0 Å². The third-order valence-corrected chi connectivity index (χ3v) is 2.79. The summed E-state index contributed by atoms with van der Waals surface area (Å²) in [5, 5.41) is 0. The van der Waals surface area contributed by atoms with Crippen LogP contribution >= 0.6 is 0 Å². The van der Waals surface area contributed by atoms with Crippen molar-refractivity contribution >= 4 is 0 Å². The molecule has 0 atom stereocenters. The van der Waals surface area contributed by atoms with Crippen molar-refractivity contribution in [2.45, 2.75) is 25.4 Å². The molecule has 2 heterocycles. The number of pyridine rings is 1. The molecule has 1 aliphatic heterocycles. The molecule has 0 aromatic carbocycles. The standard InChI is InChI=1S/C11H17N3/c12-11-3-7-14(8-4-11)9-10-1-5-13-6-2-10/h1-2,5-6,11H,3-4,7-9,12H2. The third kappa shape index (κ3) is 2.53. The summed E-state index contributed by atoms with van der Waals surface area (Å²) >= 11 is 0. The second-order valence-corrected chi connectivity index (χ2v) is 3.97. The van der Waals surface area contributed by atoms with Crippen molar-refractivity contribution in [3.63, 3.8) is 0 Å². The van der Waals surface area contributed by atoms with Crippen molar-refractivity contribution in [3.05, 3.63) is 30.1 Å². The minimum atomic E-state index is 0.420. The Hall–Kier alpha value is -0.930. The van der Waals surface area contributed by atoms with E-state index in [0.717, 1.165) is 32.5 Å². The number of piperidine rings is 1. The molecule has 1 fully saturated rings.